The van der Waals surface area contributed by atoms with E-state index in [2.05, 4.69) is 25.3 Å². The number of halogens is 1. The standard InChI is InChI=1S/C15H15FN8O2S/c1-2-27(25,26)23-7-15(8-23,12(16)3-17)24-6-10(4-21-24)13-11-5-20-22-14(11)19-9-18-13/h4-6,9,12H,2,7-8H2,1H3,(H,18,19,20,22). The molecule has 3 aromatic heterocycles. The van der Waals surface area contributed by atoms with Crippen LogP contribution < -0.4 is 0 Å². The van der Waals surface area contributed by atoms with Gasteiger partial charge in [0.05, 0.1) is 29.2 Å². The number of nitrogens with zero attached hydrogens (tertiary/aromatic N) is 7. The summed E-state index contributed by atoms with van der Waals surface area (Å²) in [6.07, 6.45) is 4.10. The van der Waals surface area contributed by atoms with E-state index in [9.17, 15) is 12.8 Å². The predicted molar refractivity (Wildman–Crippen MR) is 92.4 cm³/mol. The monoisotopic (exact) mass is 390 g/mol. The number of aromatic nitrogens is 6. The molecule has 1 unspecified atom stereocenters. The second-order valence-electron chi connectivity index (χ2n) is 6.29. The van der Waals surface area contributed by atoms with Crippen LogP contribution in [0, 0.1) is 11.3 Å². The fourth-order valence-electron chi connectivity index (χ4n) is 3.17. The van der Waals surface area contributed by atoms with Crippen molar-refractivity contribution in [1.82, 2.24) is 34.3 Å². The normalized spacial score (nSPS) is 18.1. The number of sulfonamides is 1. The van der Waals surface area contributed by atoms with Gasteiger partial charge in [-0.2, -0.15) is 19.8 Å². The molecule has 0 spiro atoms. The number of nitriles is 1. The van der Waals surface area contributed by atoms with Crippen molar-refractivity contribution in [3.63, 3.8) is 0 Å². The third-order valence-electron chi connectivity index (χ3n) is 4.80. The lowest BCUT2D eigenvalue weighted by Crippen LogP contribution is -2.68. The van der Waals surface area contributed by atoms with E-state index in [4.69, 9.17) is 5.26 Å². The van der Waals surface area contributed by atoms with Crippen molar-refractivity contribution in [3.8, 4) is 17.3 Å². The number of aromatic amines is 1. The van der Waals surface area contributed by atoms with E-state index >= 15 is 0 Å². The maximum Gasteiger partial charge on any atom is 0.213 e. The van der Waals surface area contributed by atoms with Crippen LogP contribution in [0.15, 0.2) is 24.9 Å². The molecule has 10 nitrogen and oxygen atoms in total. The highest BCUT2D eigenvalue weighted by Gasteiger charge is 2.55. The van der Waals surface area contributed by atoms with Crippen LogP contribution in [-0.2, 0) is 15.6 Å². The van der Waals surface area contributed by atoms with E-state index < -0.39 is 21.7 Å². The Morgan fingerprint density at radius 3 is 2.89 bits per heavy atom. The Bertz CT molecular complexity index is 1140. The highest BCUT2D eigenvalue weighted by atomic mass is 32.2. The van der Waals surface area contributed by atoms with Gasteiger partial charge < -0.3 is 0 Å². The van der Waals surface area contributed by atoms with Crippen LogP contribution in [0.25, 0.3) is 22.3 Å². The SMILES string of the molecule is CCS(=O)(=O)N1CC(C(F)C#N)(n2cc(-c3ncnc4[nH]ncc34)cn2)C1. The van der Waals surface area contributed by atoms with Gasteiger partial charge in [-0.1, -0.05) is 0 Å². The predicted octanol–water partition coefficient (Wildman–Crippen LogP) is 0.439. The number of hydrogen-bond donors (Lipinski definition) is 1. The number of rotatable bonds is 5. The third kappa shape index (κ3) is 2.58. The minimum Gasteiger partial charge on any atom is -0.261 e. The van der Waals surface area contributed by atoms with Crippen molar-refractivity contribution in [3.05, 3.63) is 24.9 Å². The summed E-state index contributed by atoms with van der Waals surface area (Å²) in [6.45, 7) is 1.22. The van der Waals surface area contributed by atoms with Gasteiger partial charge in [-0.05, 0) is 6.92 Å². The van der Waals surface area contributed by atoms with Crippen LogP contribution in [0.4, 0.5) is 4.39 Å². The Hall–Kier alpha value is -2.91. The fourth-order valence-corrected chi connectivity index (χ4v) is 4.37. The Kier molecular flexibility index (Phi) is 3.93. The van der Waals surface area contributed by atoms with Crippen LogP contribution in [0.5, 0.6) is 0 Å². The van der Waals surface area contributed by atoms with Crippen LogP contribution in [0.1, 0.15) is 6.92 Å². The van der Waals surface area contributed by atoms with E-state index in [1.54, 1.807) is 18.5 Å². The molecule has 1 aliphatic rings. The molecule has 0 amide bonds. The molecule has 0 aliphatic carbocycles. The molecule has 140 valence electrons. The third-order valence-corrected chi connectivity index (χ3v) is 6.58. The van der Waals surface area contributed by atoms with Crippen molar-refractivity contribution in [1.29, 1.82) is 5.26 Å². The molecule has 0 radical (unpaired) electrons. The van der Waals surface area contributed by atoms with Crippen LogP contribution >= 0.6 is 0 Å². The average molecular weight is 390 g/mol. The Balaban J connectivity index is 1.72. The number of alkyl halides is 1. The topological polar surface area (TPSA) is 133 Å². The summed E-state index contributed by atoms with van der Waals surface area (Å²) in [5.74, 6) is -0.0870. The molecule has 3 aromatic rings. The van der Waals surface area contributed by atoms with Crippen LogP contribution in [-0.4, -0.2) is 67.7 Å². The molecule has 0 saturated carbocycles. The van der Waals surface area contributed by atoms with Crippen molar-refractivity contribution in [2.24, 2.45) is 0 Å². The first kappa shape index (κ1) is 17.5. The first-order chi connectivity index (χ1) is 12.9. The smallest absolute Gasteiger partial charge is 0.213 e. The zero-order valence-electron chi connectivity index (χ0n) is 14.2. The molecule has 1 N–H and O–H groups in total. The molecule has 4 rings (SSSR count). The van der Waals surface area contributed by atoms with Gasteiger partial charge in [-0.3, -0.25) is 9.78 Å². The zero-order chi connectivity index (χ0) is 19.2. The van der Waals surface area contributed by atoms with Crippen molar-refractivity contribution >= 4 is 21.1 Å². The summed E-state index contributed by atoms with van der Waals surface area (Å²) in [5, 5.41) is 20.7. The molecule has 1 saturated heterocycles. The van der Waals surface area contributed by atoms with Gasteiger partial charge in [0.1, 0.15) is 17.9 Å². The Morgan fingerprint density at radius 2 is 2.19 bits per heavy atom. The number of H-pyrrole nitrogens is 1. The lowest BCUT2D eigenvalue weighted by atomic mass is 9.87. The highest BCUT2D eigenvalue weighted by molar-refractivity contribution is 7.89. The molecule has 1 aliphatic heterocycles. The summed E-state index contributed by atoms with van der Waals surface area (Å²) in [7, 11) is -3.47. The van der Waals surface area contributed by atoms with Gasteiger partial charge in [0.25, 0.3) is 0 Å². The largest absolute Gasteiger partial charge is 0.261 e. The minimum atomic E-state index is -3.47. The van der Waals surface area contributed by atoms with Gasteiger partial charge >= 0.3 is 0 Å². The lowest BCUT2D eigenvalue weighted by Gasteiger charge is -2.48. The van der Waals surface area contributed by atoms with Crippen molar-refractivity contribution < 1.29 is 12.8 Å². The second kappa shape index (κ2) is 6.07. The molecule has 12 heteroatoms. The molecule has 0 aromatic carbocycles. The molecule has 27 heavy (non-hydrogen) atoms. The highest BCUT2D eigenvalue weighted by Crippen LogP contribution is 2.37. The first-order valence-electron chi connectivity index (χ1n) is 8.12. The summed E-state index contributed by atoms with van der Waals surface area (Å²) < 4.78 is 41.0. The molecule has 4 heterocycles. The maximum absolute atomic E-state index is 14.5. The molecular weight excluding hydrogens is 375 g/mol. The number of nitrogens with one attached hydrogen (secondary N) is 1. The Labute approximate surface area is 153 Å². The molecule has 1 atom stereocenters. The quantitative estimate of drug-likeness (QED) is 0.668. The number of fused-ring (bicyclic) bond motifs is 1. The second-order valence-corrected chi connectivity index (χ2v) is 8.55. The summed E-state index contributed by atoms with van der Waals surface area (Å²) in [5.41, 5.74) is 0.328. The first-order valence-corrected chi connectivity index (χ1v) is 9.73. The number of hydrogen-bond acceptors (Lipinski definition) is 7. The van der Waals surface area contributed by atoms with Crippen molar-refractivity contribution in [2.75, 3.05) is 18.8 Å². The molecule has 0 bridgehead atoms. The van der Waals surface area contributed by atoms with E-state index in [0.29, 0.717) is 22.3 Å². The molecule has 1 fully saturated rings. The van der Waals surface area contributed by atoms with Crippen molar-refractivity contribution in [2.45, 2.75) is 18.6 Å². The van der Waals surface area contributed by atoms with E-state index in [-0.39, 0.29) is 18.8 Å². The lowest BCUT2D eigenvalue weighted by molar-refractivity contribution is 0.0129. The minimum absolute atomic E-state index is 0.0870. The Morgan fingerprint density at radius 1 is 1.41 bits per heavy atom. The summed E-state index contributed by atoms with van der Waals surface area (Å²) >= 11 is 0. The van der Waals surface area contributed by atoms with E-state index in [1.165, 1.54) is 24.1 Å². The van der Waals surface area contributed by atoms with E-state index in [1.807, 2.05) is 0 Å². The van der Waals surface area contributed by atoms with Crippen LogP contribution in [0.3, 0.4) is 0 Å². The van der Waals surface area contributed by atoms with Gasteiger partial charge in [0.15, 0.2) is 5.65 Å². The van der Waals surface area contributed by atoms with Crippen LogP contribution in [0.2, 0.25) is 0 Å². The zero-order valence-corrected chi connectivity index (χ0v) is 15.1. The molecular formula is C15H15FN8O2S. The van der Waals surface area contributed by atoms with Gasteiger partial charge in [0, 0.05) is 24.8 Å². The van der Waals surface area contributed by atoms with Gasteiger partial charge in [-0.15, -0.1) is 0 Å². The average Bonchev–Trinajstić information content (AvgIpc) is 3.29. The van der Waals surface area contributed by atoms with Gasteiger partial charge in [-0.25, -0.2) is 22.8 Å². The fraction of sp³-hybridized carbons (Fsp3) is 0.400. The maximum atomic E-state index is 14.5. The summed E-state index contributed by atoms with van der Waals surface area (Å²) in [4.78, 5) is 8.30. The summed E-state index contributed by atoms with van der Waals surface area (Å²) in [6, 6.07) is 1.58. The van der Waals surface area contributed by atoms with E-state index in [0.717, 1.165) is 4.31 Å². The van der Waals surface area contributed by atoms with Gasteiger partial charge in [0.2, 0.25) is 16.2 Å².